The zero-order chi connectivity index (χ0) is 24.5. The van der Waals surface area contributed by atoms with Gasteiger partial charge in [0.05, 0.1) is 22.3 Å². The average molecular weight is 486 g/mol. The first kappa shape index (κ1) is 24.5. The largest absolute Gasteiger partial charge is 0.353 e. The van der Waals surface area contributed by atoms with Gasteiger partial charge in [0.1, 0.15) is 5.82 Å². The van der Waals surface area contributed by atoms with Crippen LogP contribution in [0.2, 0.25) is 0 Å². The first-order valence-electron chi connectivity index (χ1n) is 12.0. The number of nitrogens with zero attached hydrogens (tertiary/aromatic N) is 3. The number of benzene rings is 1. The quantitative estimate of drug-likeness (QED) is 0.675. The Morgan fingerprint density at radius 2 is 1.74 bits per heavy atom. The van der Waals surface area contributed by atoms with Crippen molar-refractivity contribution in [3.63, 3.8) is 0 Å². The fraction of sp³-hybridized carbons (Fsp3) is 0.520. The van der Waals surface area contributed by atoms with Crippen molar-refractivity contribution >= 4 is 27.4 Å². The van der Waals surface area contributed by atoms with Crippen molar-refractivity contribution in [3.8, 4) is 0 Å². The Kier molecular flexibility index (Phi) is 7.14. The third-order valence-corrected chi connectivity index (χ3v) is 8.39. The van der Waals surface area contributed by atoms with E-state index in [1.165, 1.54) is 6.20 Å². The fourth-order valence-corrected chi connectivity index (χ4v) is 6.64. The van der Waals surface area contributed by atoms with E-state index in [1.807, 2.05) is 24.0 Å². The van der Waals surface area contributed by atoms with E-state index in [0.717, 1.165) is 51.0 Å². The maximum Gasteiger partial charge on any atom is 0.262 e. The van der Waals surface area contributed by atoms with Crippen molar-refractivity contribution in [3.05, 3.63) is 46.6 Å². The first-order chi connectivity index (χ1) is 16.2. The highest BCUT2D eigenvalue weighted by Crippen LogP contribution is 2.29. The van der Waals surface area contributed by atoms with E-state index in [9.17, 15) is 13.2 Å². The van der Waals surface area contributed by atoms with Gasteiger partial charge in [-0.1, -0.05) is 17.7 Å². The van der Waals surface area contributed by atoms with E-state index in [1.54, 1.807) is 19.9 Å². The van der Waals surface area contributed by atoms with E-state index < -0.39 is 10.0 Å². The van der Waals surface area contributed by atoms with Crippen LogP contribution in [-0.4, -0.2) is 63.0 Å². The molecular formula is C25H35N5O3S. The molecule has 4 rings (SSSR count). The van der Waals surface area contributed by atoms with Crippen LogP contribution in [0.25, 0.3) is 0 Å². The Morgan fingerprint density at radius 3 is 2.38 bits per heavy atom. The number of piperidine rings is 1. The molecule has 34 heavy (non-hydrogen) atoms. The number of amides is 1. The van der Waals surface area contributed by atoms with E-state index in [-0.39, 0.29) is 16.8 Å². The Morgan fingerprint density at radius 1 is 1.06 bits per heavy atom. The molecule has 2 aliphatic rings. The second kappa shape index (κ2) is 9.92. The lowest BCUT2D eigenvalue weighted by molar-refractivity contribution is 0.0636. The molecule has 2 N–H and O–H groups in total. The highest BCUT2D eigenvalue weighted by atomic mass is 32.2. The third kappa shape index (κ3) is 5.05. The number of nitrogens with one attached hydrogen (secondary N) is 2. The lowest BCUT2D eigenvalue weighted by Gasteiger charge is -2.35. The molecule has 184 valence electrons. The molecule has 3 heterocycles. The van der Waals surface area contributed by atoms with Crippen molar-refractivity contribution in [2.45, 2.75) is 57.9 Å². The highest BCUT2D eigenvalue weighted by Gasteiger charge is 2.29. The Bertz CT molecular complexity index is 1150. The first-order valence-corrected chi connectivity index (χ1v) is 13.5. The summed E-state index contributed by atoms with van der Waals surface area (Å²) in [4.78, 5) is 22.5. The predicted octanol–water partition coefficient (Wildman–Crippen LogP) is 3.23. The molecule has 1 atom stereocenters. The van der Waals surface area contributed by atoms with Gasteiger partial charge in [-0.15, -0.1) is 0 Å². The molecule has 0 spiro atoms. The second-order valence-corrected chi connectivity index (χ2v) is 11.1. The summed E-state index contributed by atoms with van der Waals surface area (Å²) in [6.45, 7) is 11.4. The molecular weight excluding hydrogens is 450 g/mol. The Balaban J connectivity index is 1.71. The normalized spacial score (nSPS) is 19.2. The fourth-order valence-electron chi connectivity index (χ4n) is 5.15. The number of sulfonamides is 1. The molecule has 2 saturated heterocycles. The number of pyridine rings is 1. The molecule has 0 saturated carbocycles. The van der Waals surface area contributed by atoms with Crippen molar-refractivity contribution in [1.29, 1.82) is 0 Å². The Labute approximate surface area is 202 Å². The van der Waals surface area contributed by atoms with Crippen LogP contribution in [-0.2, 0) is 10.0 Å². The number of hydrogen-bond acceptors (Lipinski definition) is 6. The summed E-state index contributed by atoms with van der Waals surface area (Å²) in [5, 5.41) is 3.32. The number of aryl methyl sites for hydroxylation is 3. The maximum absolute atomic E-state index is 13.7. The van der Waals surface area contributed by atoms with Gasteiger partial charge in [0, 0.05) is 38.8 Å². The van der Waals surface area contributed by atoms with Crippen molar-refractivity contribution in [2.24, 2.45) is 0 Å². The summed E-state index contributed by atoms with van der Waals surface area (Å²) >= 11 is 0. The minimum Gasteiger partial charge on any atom is -0.353 e. The van der Waals surface area contributed by atoms with Crippen molar-refractivity contribution < 1.29 is 13.2 Å². The molecule has 2 fully saturated rings. The van der Waals surface area contributed by atoms with Crippen molar-refractivity contribution in [1.82, 2.24) is 15.2 Å². The van der Waals surface area contributed by atoms with Gasteiger partial charge in [-0.3, -0.25) is 9.52 Å². The van der Waals surface area contributed by atoms with Gasteiger partial charge in [0.15, 0.2) is 0 Å². The number of carbonyl (C=O) groups is 1. The third-order valence-electron chi connectivity index (χ3n) is 6.70. The lowest BCUT2D eigenvalue weighted by Crippen LogP contribution is -2.46. The van der Waals surface area contributed by atoms with E-state index in [0.29, 0.717) is 34.7 Å². The van der Waals surface area contributed by atoms with Gasteiger partial charge >= 0.3 is 0 Å². The van der Waals surface area contributed by atoms with Crippen LogP contribution >= 0.6 is 0 Å². The van der Waals surface area contributed by atoms with Gasteiger partial charge in [0.25, 0.3) is 15.9 Å². The van der Waals surface area contributed by atoms with Gasteiger partial charge in [-0.2, -0.15) is 0 Å². The molecule has 8 nitrogen and oxygen atoms in total. The molecule has 0 radical (unpaired) electrons. The van der Waals surface area contributed by atoms with E-state index in [2.05, 4.69) is 26.8 Å². The van der Waals surface area contributed by atoms with Crippen LogP contribution in [0.3, 0.4) is 0 Å². The number of hydrogen-bond donors (Lipinski definition) is 2. The minimum absolute atomic E-state index is 0.0861. The molecule has 0 aliphatic carbocycles. The van der Waals surface area contributed by atoms with Crippen LogP contribution in [0, 0.1) is 20.8 Å². The zero-order valence-corrected chi connectivity index (χ0v) is 21.3. The molecule has 1 aromatic heterocycles. The molecule has 1 amide bonds. The number of carbonyl (C=O) groups excluding carboxylic acids is 1. The van der Waals surface area contributed by atoms with Crippen LogP contribution in [0.1, 0.15) is 53.2 Å². The summed E-state index contributed by atoms with van der Waals surface area (Å²) in [7, 11) is -3.85. The van der Waals surface area contributed by atoms with Crippen LogP contribution in [0.5, 0.6) is 0 Å². The SMILES string of the molecule is Cc1cc(C)c(S(=O)(=O)Nc2cnc(N3CCNCC3)c(C(=O)N3CCCC[C@H]3C)c2)c(C)c1. The molecule has 1 aromatic carbocycles. The number of anilines is 2. The smallest absolute Gasteiger partial charge is 0.262 e. The van der Waals surface area contributed by atoms with Crippen LogP contribution in [0.4, 0.5) is 11.5 Å². The topological polar surface area (TPSA) is 94.6 Å². The molecule has 0 unspecified atom stereocenters. The zero-order valence-electron chi connectivity index (χ0n) is 20.5. The summed E-state index contributed by atoms with van der Waals surface area (Å²) in [6, 6.07) is 5.53. The summed E-state index contributed by atoms with van der Waals surface area (Å²) in [6.07, 6.45) is 4.58. The summed E-state index contributed by atoms with van der Waals surface area (Å²) in [5.41, 5.74) is 3.14. The van der Waals surface area contributed by atoms with Crippen LogP contribution < -0.4 is 14.9 Å². The van der Waals surface area contributed by atoms with Gasteiger partial charge < -0.3 is 15.1 Å². The summed E-state index contributed by atoms with van der Waals surface area (Å²) < 4.78 is 29.3. The molecule has 0 bridgehead atoms. The van der Waals surface area contributed by atoms with Gasteiger partial charge in [-0.05, 0) is 64.2 Å². The monoisotopic (exact) mass is 485 g/mol. The Hall–Kier alpha value is -2.65. The average Bonchev–Trinajstić information content (AvgIpc) is 2.78. The lowest BCUT2D eigenvalue weighted by atomic mass is 10.0. The standard InChI is InChI=1S/C25H35N5O3S/c1-17-13-18(2)23(19(3)14-17)34(32,33)28-21-15-22(25(31)30-10-6-5-7-20(30)4)24(27-16-21)29-11-8-26-9-12-29/h13-16,20,26,28H,5-12H2,1-4H3/t20-/m1/s1. The van der Waals surface area contributed by atoms with Crippen LogP contribution in [0.15, 0.2) is 29.3 Å². The highest BCUT2D eigenvalue weighted by molar-refractivity contribution is 7.92. The minimum atomic E-state index is -3.85. The van der Waals surface area contributed by atoms with Crippen molar-refractivity contribution in [2.75, 3.05) is 42.3 Å². The van der Waals surface area contributed by atoms with E-state index >= 15 is 0 Å². The van der Waals surface area contributed by atoms with Gasteiger partial charge in [0.2, 0.25) is 0 Å². The summed E-state index contributed by atoms with van der Waals surface area (Å²) in [5.74, 6) is 0.534. The number of aromatic nitrogens is 1. The molecule has 9 heteroatoms. The number of rotatable bonds is 5. The van der Waals surface area contributed by atoms with E-state index in [4.69, 9.17) is 0 Å². The number of piperazine rings is 1. The molecule has 2 aromatic rings. The molecule has 2 aliphatic heterocycles. The second-order valence-electron chi connectivity index (χ2n) is 9.51. The van der Waals surface area contributed by atoms with Gasteiger partial charge in [-0.25, -0.2) is 13.4 Å². The number of likely N-dealkylation sites (tertiary alicyclic amines) is 1. The predicted molar refractivity (Wildman–Crippen MR) is 135 cm³/mol. The maximum atomic E-state index is 13.7.